The highest BCUT2D eigenvalue weighted by molar-refractivity contribution is 5.73. The van der Waals surface area contributed by atoms with Crippen LogP contribution in [-0.4, -0.2) is 9.97 Å². The van der Waals surface area contributed by atoms with E-state index in [0.717, 1.165) is 17.6 Å². The molecule has 6 heteroatoms. The maximum Gasteiger partial charge on any atom is 0.196 e. The fourth-order valence-electron chi connectivity index (χ4n) is 1.93. The lowest BCUT2D eigenvalue weighted by atomic mass is 10.2. The number of benzene rings is 2. The van der Waals surface area contributed by atoms with Crippen LogP contribution >= 0.6 is 0 Å². The van der Waals surface area contributed by atoms with Gasteiger partial charge < -0.3 is 5.32 Å². The zero-order chi connectivity index (χ0) is 14.8. The Morgan fingerprint density at radius 2 is 1.67 bits per heavy atom. The van der Waals surface area contributed by atoms with Crippen molar-refractivity contribution in [3.8, 4) is 0 Å². The van der Waals surface area contributed by atoms with Crippen molar-refractivity contribution in [1.29, 1.82) is 0 Å². The lowest BCUT2D eigenvalue weighted by Crippen LogP contribution is -2.06. The first-order valence-corrected chi connectivity index (χ1v) is 6.23. The number of nitrogens with zero attached hydrogens (tertiary/aromatic N) is 2. The summed E-state index contributed by atoms with van der Waals surface area (Å²) in [4.78, 5) is 8.56. The van der Waals surface area contributed by atoms with Crippen molar-refractivity contribution >= 4 is 16.7 Å². The van der Waals surface area contributed by atoms with Crippen molar-refractivity contribution in [2.75, 3.05) is 5.32 Å². The standard InChI is InChI=1S/C15H10F3N3/c16-10-5-6-13(15(18)14(10)17)20-8-9-7-19-11-3-1-2-4-12(11)21-9/h1-7,20H,8H2. The summed E-state index contributed by atoms with van der Waals surface area (Å²) in [6.45, 7) is 0.153. The minimum absolute atomic E-state index is 0.121. The van der Waals surface area contributed by atoms with Crippen LogP contribution < -0.4 is 5.32 Å². The fraction of sp³-hybridized carbons (Fsp3) is 0.0667. The van der Waals surface area contributed by atoms with Gasteiger partial charge in [-0.15, -0.1) is 0 Å². The van der Waals surface area contributed by atoms with E-state index in [2.05, 4.69) is 15.3 Å². The number of fused-ring (bicyclic) bond motifs is 1. The Labute approximate surface area is 118 Å². The molecule has 3 nitrogen and oxygen atoms in total. The summed E-state index contributed by atoms with van der Waals surface area (Å²) in [7, 11) is 0. The molecule has 0 saturated heterocycles. The molecule has 0 aliphatic carbocycles. The third kappa shape index (κ3) is 2.65. The molecule has 0 spiro atoms. The molecule has 2 aromatic carbocycles. The number of halogens is 3. The second-order valence-electron chi connectivity index (χ2n) is 4.43. The molecule has 0 radical (unpaired) electrons. The fourth-order valence-corrected chi connectivity index (χ4v) is 1.93. The van der Waals surface area contributed by atoms with Crippen molar-refractivity contribution in [2.45, 2.75) is 6.54 Å². The quantitative estimate of drug-likeness (QED) is 0.748. The number of rotatable bonds is 3. The van der Waals surface area contributed by atoms with Crippen molar-refractivity contribution < 1.29 is 13.2 Å². The second kappa shape index (κ2) is 5.40. The molecule has 106 valence electrons. The van der Waals surface area contributed by atoms with Crippen molar-refractivity contribution in [2.24, 2.45) is 0 Å². The van der Waals surface area contributed by atoms with Gasteiger partial charge in [-0.1, -0.05) is 12.1 Å². The SMILES string of the molecule is Fc1ccc(NCc2cnc3ccccc3n2)c(F)c1F. The predicted molar refractivity (Wildman–Crippen MR) is 73.2 cm³/mol. The lowest BCUT2D eigenvalue weighted by Gasteiger charge is -2.08. The summed E-state index contributed by atoms with van der Waals surface area (Å²) in [5.74, 6) is -3.96. The Balaban J connectivity index is 1.82. The third-order valence-electron chi connectivity index (χ3n) is 2.99. The summed E-state index contributed by atoms with van der Waals surface area (Å²) in [5.41, 5.74) is 1.91. The molecular weight excluding hydrogens is 279 g/mol. The van der Waals surface area contributed by atoms with Gasteiger partial charge in [-0.2, -0.15) is 0 Å². The van der Waals surface area contributed by atoms with Gasteiger partial charge in [0.25, 0.3) is 0 Å². The molecule has 3 aromatic rings. The summed E-state index contributed by atoms with van der Waals surface area (Å²) in [6.07, 6.45) is 1.55. The Morgan fingerprint density at radius 3 is 2.48 bits per heavy atom. The zero-order valence-corrected chi connectivity index (χ0v) is 10.8. The highest BCUT2D eigenvalue weighted by Gasteiger charge is 2.13. The predicted octanol–water partition coefficient (Wildman–Crippen LogP) is 3.66. The third-order valence-corrected chi connectivity index (χ3v) is 2.99. The summed E-state index contributed by atoms with van der Waals surface area (Å²) in [5, 5.41) is 2.68. The summed E-state index contributed by atoms with van der Waals surface area (Å²) < 4.78 is 39.4. The average molecular weight is 289 g/mol. The van der Waals surface area contributed by atoms with Crippen LogP contribution in [0.5, 0.6) is 0 Å². The van der Waals surface area contributed by atoms with Gasteiger partial charge in [-0.05, 0) is 24.3 Å². The molecule has 0 saturated carbocycles. The van der Waals surface area contributed by atoms with Gasteiger partial charge >= 0.3 is 0 Å². The van der Waals surface area contributed by atoms with E-state index in [-0.39, 0.29) is 12.2 Å². The normalized spacial score (nSPS) is 10.8. The van der Waals surface area contributed by atoms with Crippen LogP contribution in [0.3, 0.4) is 0 Å². The Kier molecular flexibility index (Phi) is 3.43. The van der Waals surface area contributed by atoms with Crippen LogP contribution in [0.25, 0.3) is 11.0 Å². The van der Waals surface area contributed by atoms with E-state index in [1.54, 1.807) is 6.20 Å². The van der Waals surface area contributed by atoms with Gasteiger partial charge in [-0.25, -0.2) is 18.2 Å². The largest absolute Gasteiger partial charge is 0.377 e. The Morgan fingerprint density at radius 1 is 0.905 bits per heavy atom. The molecule has 1 aromatic heterocycles. The molecule has 0 aliphatic rings. The molecule has 0 amide bonds. The highest BCUT2D eigenvalue weighted by atomic mass is 19.2. The van der Waals surface area contributed by atoms with E-state index in [0.29, 0.717) is 11.2 Å². The number of hydrogen-bond donors (Lipinski definition) is 1. The van der Waals surface area contributed by atoms with Crippen LogP contribution in [0.2, 0.25) is 0 Å². The van der Waals surface area contributed by atoms with E-state index >= 15 is 0 Å². The van der Waals surface area contributed by atoms with Gasteiger partial charge in [0.2, 0.25) is 0 Å². The van der Waals surface area contributed by atoms with E-state index < -0.39 is 17.5 Å². The van der Waals surface area contributed by atoms with Crippen LogP contribution in [0.15, 0.2) is 42.6 Å². The molecule has 21 heavy (non-hydrogen) atoms. The average Bonchev–Trinajstić information content (AvgIpc) is 2.52. The van der Waals surface area contributed by atoms with Crippen LogP contribution in [0.4, 0.5) is 18.9 Å². The van der Waals surface area contributed by atoms with Crippen molar-refractivity contribution in [1.82, 2.24) is 9.97 Å². The smallest absolute Gasteiger partial charge is 0.196 e. The first-order valence-electron chi connectivity index (χ1n) is 6.23. The van der Waals surface area contributed by atoms with E-state index in [1.165, 1.54) is 0 Å². The Hall–Kier alpha value is -2.63. The maximum absolute atomic E-state index is 13.5. The van der Waals surface area contributed by atoms with E-state index in [9.17, 15) is 13.2 Å². The molecule has 0 unspecified atom stereocenters. The van der Waals surface area contributed by atoms with E-state index in [1.807, 2.05) is 24.3 Å². The number of aromatic nitrogens is 2. The number of anilines is 1. The van der Waals surface area contributed by atoms with Gasteiger partial charge in [0, 0.05) is 0 Å². The topological polar surface area (TPSA) is 37.8 Å². The van der Waals surface area contributed by atoms with Crippen LogP contribution in [0.1, 0.15) is 5.69 Å². The maximum atomic E-state index is 13.5. The second-order valence-corrected chi connectivity index (χ2v) is 4.43. The monoisotopic (exact) mass is 289 g/mol. The lowest BCUT2D eigenvalue weighted by molar-refractivity contribution is 0.449. The molecule has 0 bridgehead atoms. The Bertz CT molecular complexity index is 805. The number of hydrogen-bond acceptors (Lipinski definition) is 3. The first kappa shape index (κ1) is 13.4. The minimum atomic E-state index is -1.50. The molecule has 3 rings (SSSR count). The van der Waals surface area contributed by atoms with Crippen LogP contribution in [0, 0.1) is 17.5 Å². The molecule has 1 heterocycles. The number of para-hydroxylation sites is 2. The van der Waals surface area contributed by atoms with Crippen LogP contribution in [-0.2, 0) is 6.54 Å². The summed E-state index contributed by atoms with van der Waals surface area (Å²) in [6, 6.07) is 9.34. The minimum Gasteiger partial charge on any atom is -0.377 e. The zero-order valence-electron chi connectivity index (χ0n) is 10.8. The van der Waals surface area contributed by atoms with Crippen molar-refractivity contribution in [3.63, 3.8) is 0 Å². The van der Waals surface area contributed by atoms with Gasteiger partial charge in [0.1, 0.15) is 0 Å². The summed E-state index contributed by atoms with van der Waals surface area (Å²) >= 11 is 0. The van der Waals surface area contributed by atoms with Crippen molar-refractivity contribution in [3.05, 3.63) is 65.7 Å². The highest BCUT2D eigenvalue weighted by Crippen LogP contribution is 2.20. The van der Waals surface area contributed by atoms with Gasteiger partial charge in [0.15, 0.2) is 17.5 Å². The van der Waals surface area contributed by atoms with Gasteiger partial charge in [0.05, 0.1) is 35.2 Å². The first-order chi connectivity index (χ1) is 10.1. The van der Waals surface area contributed by atoms with E-state index in [4.69, 9.17) is 0 Å². The number of nitrogens with one attached hydrogen (secondary N) is 1. The molecule has 0 fully saturated rings. The molecule has 0 aliphatic heterocycles. The molecular formula is C15H10F3N3. The molecule has 0 atom stereocenters. The molecule has 1 N–H and O–H groups in total. The van der Waals surface area contributed by atoms with Gasteiger partial charge in [-0.3, -0.25) is 4.98 Å².